The van der Waals surface area contributed by atoms with Crippen LogP contribution in [0, 0.1) is 0 Å². The number of hydrogen-bond donors (Lipinski definition) is 0. The van der Waals surface area contributed by atoms with Crippen LogP contribution in [-0.4, -0.2) is 27.4 Å². The van der Waals surface area contributed by atoms with Gasteiger partial charge in [0.25, 0.3) is 0 Å². The fourth-order valence-corrected chi connectivity index (χ4v) is 1.07. The summed E-state index contributed by atoms with van der Waals surface area (Å²) in [5, 5.41) is 0. The SMILES string of the molecule is COCCCOc1ccc(OC)cc1. The summed E-state index contributed by atoms with van der Waals surface area (Å²) < 4.78 is 15.4. The average Bonchev–Trinajstić information content (AvgIpc) is 2.25. The maximum Gasteiger partial charge on any atom is 0.119 e. The molecular formula is C11H16O3. The van der Waals surface area contributed by atoms with E-state index < -0.39 is 0 Å². The molecule has 1 aromatic rings. The van der Waals surface area contributed by atoms with Gasteiger partial charge in [-0.2, -0.15) is 0 Å². The van der Waals surface area contributed by atoms with Crippen LogP contribution in [0.15, 0.2) is 24.3 Å². The minimum atomic E-state index is 0.681. The fourth-order valence-electron chi connectivity index (χ4n) is 1.07. The van der Waals surface area contributed by atoms with E-state index in [1.54, 1.807) is 14.2 Å². The van der Waals surface area contributed by atoms with Gasteiger partial charge in [-0.1, -0.05) is 0 Å². The van der Waals surface area contributed by atoms with E-state index in [1.807, 2.05) is 24.3 Å². The van der Waals surface area contributed by atoms with Gasteiger partial charge in [0.15, 0.2) is 0 Å². The van der Waals surface area contributed by atoms with Crippen LogP contribution in [0.1, 0.15) is 6.42 Å². The fraction of sp³-hybridized carbons (Fsp3) is 0.455. The Morgan fingerprint density at radius 2 is 1.57 bits per heavy atom. The van der Waals surface area contributed by atoms with Crippen molar-refractivity contribution in [3.05, 3.63) is 24.3 Å². The van der Waals surface area contributed by atoms with Gasteiger partial charge in [-0.3, -0.25) is 0 Å². The predicted molar refractivity (Wildman–Crippen MR) is 55.0 cm³/mol. The highest BCUT2D eigenvalue weighted by molar-refractivity contribution is 5.30. The van der Waals surface area contributed by atoms with Crippen LogP contribution < -0.4 is 9.47 Å². The first-order valence-corrected chi connectivity index (χ1v) is 4.62. The molecule has 0 aliphatic heterocycles. The van der Waals surface area contributed by atoms with Crippen LogP contribution in [0.4, 0.5) is 0 Å². The third-order valence-corrected chi connectivity index (χ3v) is 1.82. The number of benzene rings is 1. The summed E-state index contributed by atoms with van der Waals surface area (Å²) in [5.41, 5.74) is 0. The largest absolute Gasteiger partial charge is 0.497 e. The van der Waals surface area contributed by atoms with E-state index in [-0.39, 0.29) is 0 Å². The van der Waals surface area contributed by atoms with Crippen molar-refractivity contribution in [2.75, 3.05) is 27.4 Å². The first-order chi connectivity index (χ1) is 6.86. The molecule has 0 spiro atoms. The highest BCUT2D eigenvalue weighted by Gasteiger charge is 1.94. The van der Waals surface area contributed by atoms with Crippen molar-refractivity contribution in [1.29, 1.82) is 0 Å². The first kappa shape index (κ1) is 10.9. The maximum atomic E-state index is 5.47. The lowest BCUT2D eigenvalue weighted by Gasteiger charge is -2.06. The van der Waals surface area contributed by atoms with Crippen LogP contribution in [0.3, 0.4) is 0 Å². The van der Waals surface area contributed by atoms with Gasteiger partial charge < -0.3 is 14.2 Å². The van der Waals surface area contributed by atoms with Crippen molar-refractivity contribution < 1.29 is 14.2 Å². The van der Waals surface area contributed by atoms with E-state index >= 15 is 0 Å². The lowest BCUT2D eigenvalue weighted by Crippen LogP contribution is -2.01. The van der Waals surface area contributed by atoms with Crippen molar-refractivity contribution in [3.8, 4) is 11.5 Å². The standard InChI is InChI=1S/C11H16O3/c1-12-8-3-9-14-11-6-4-10(13-2)5-7-11/h4-7H,3,8-9H2,1-2H3. The summed E-state index contributed by atoms with van der Waals surface area (Å²) in [4.78, 5) is 0. The summed E-state index contributed by atoms with van der Waals surface area (Å²) >= 11 is 0. The molecule has 0 unspecified atom stereocenters. The van der Waals surface area contributed by atoms with Crippen molar-refractivity contribution in [2.24, 2.45) is 0 Å². The molecule has 0 saturated carbocycles. The lowest BCUT2D eigenvalue weighted by atomic mass is 10.3. The Balaban J connectivity index is 2.29. The zero-order valence-electron chi connectivity index (χ0n) is 8.66. The van der Waals surface area contributed by atoms with E-state index in [1.165, 1.54) is 0 Å². The molecule has 0 amide bonds. The molecule has 0 saturated heterocycles. The van der Waals surface area contributed by atoms with Crippen LogP contribution in [0.2, 0.25) is 0 Å². The van der Waals surface area contributed by atoms with Crippen LogP contribution in [0.5, 0.6) is 11.5 Å². The molecule has 14 heavy (non-hydrogen) atoms. The van der Waals surface area contributed by atoms with Gasteiger partial charge in [-0.15, -0.1) is 0 Å². The molecule has 0 radical (unpaired) electrons. The zero-order chi connectivity index (χ0) is 10.2. The average molecular weight is 196 g/mol. The minimum absolute atomic E-state index is 0.681. The monoisotopic (exact) mass is 196 g/mol. The molecule has 0 bridgehead atoms. The molecule has 0 N–H and O–H groups in total. The molecule has 0 aliphatic rings. The van der Waals surface area contributed by atoms with Crippen LogP contribution >= 0.6 is 0 Å². The second kappa shape index (κ2) is 6.27. The number of methoxy groups -OCH3 is 2. The van der Waals surface area contributed by atoms with E-state index in [0.29, 0.717) is 6.61 Å². The number of rotatable bonds is 6. The van der Waals surface area contributed by atoms with Gasteiger partial charge in [0.2, 0.25) is 0 Å². The molecule has 0 heterocycles. The summed E-state index contributed by atoms with van der Waals surface area (Å²) in [5.74, 6) is 1.70. The summed E-state index contributed by atoms with van der Waals surface area (Å²) in [7, 11) is 3.34. The molecule has 1 aromatic carbocycles. The Kier molecular flexibility index (Phi) is 4.86. The molecule has 0 fully saturated rings. The third-order valence-electron chi connectivity index (χ3n) is 1.82. The molecule has 1 rings (SSSR count). The van der Waals surface area contributed by atoms with E-state index in [2.05, 4.69) is 0 Å². The van der Waals surface area contributed by atoms with Gasteiger partial charge in [0.05, 0.1) is 13.7 Å². The first-order valence-electron chi connectivity index (χ1n) is 4.62. The lowest BCUT2D eigenvalue weighted by molar-refractivity contribution is 0.172. The summed E-state index contributed by atoms with van der Waals surface area (Å²) in [6, 6.07) is 7.55. The van der Waals surface area contributed by atoms with E-state index in [9.17, 15) is 0 Å². The topological polar surface area (TPSA) is 27.7 Å². The Bertz CT molecular complexity index is 243. The van der Waals surface area contributed by atoms with Gasteiger partial charge in [-0.05, 0) is 24.3 Å². The molecule has 0 aromatic heterocycles. The molecule has 3 heteroatoms. The number of ether oxygens (including phenoxy) is 3. The van der Waals surface area contributed by atoms with Crippen LogP contribution in [-0.2, 0) is 4.74 Å². The van der Waals surface area contributed by atoms with Gasteiger partial charge in [-0.25, -0.2) is 0 Å². The summed E-state index contributed by atoms with van der Waals surface area (Å²) in [6.07, 6.45) is 0.905. The maximum absolute atomic E-state index is 5.47. The van der Waals surface area contributed by atoms with Gasteiger partial charge >= 0.3 is 0 Å². The Morgan fingerprint density at radius 3 is 2.14 bits per heavy atom. The molecular weight excluding hydrogens is 180 g/mol. The minimum Gasteiger partial charge on any atom is -0.497 e. The Labute approximate surface area is 84.6 Å². The highest BCUT2D eigenvalue weighted by atomic mass is 16.5. The number of hydrogen-bond acceptors (Lipinski definition) is 3. The van der Waals surface area contributed by atoms with Crippen molar-refractivity contribution in [3.63, 3.8) is 0 Å². The second-order valence-corrected chi connectivity index (χ2v) is 2.87. The van der Waals surface area contributed by atoms with E-state index in [4.69, 9.17) is 14.2 Å². The van der Waals surface area contributed by atoms with Crippen LogP contribution in [0.25, 0.3) is 0 Å². The molecule has 0 atom stereocenters. The third kappa shape index (κ3) is 3.66. The van der Waals surface area contributed by atoms with Gasteiger partial charge in [0.1, 0.15) is 11.5 Å². The van der Waals surface area contributed by atoms with E-state index in [0.717, 1.165) is 24.5 Å². The molecule has 78 valence electrons. The predicted octanol–water partition coefficient (Wildman–Crippen LogP) is 2.11. The molecule has 3 nitrogen and oxygen atoms in total. The Morgan fingerprint density at radius 1 is 0.929 bits per heavy atom. The molecule has 0 aliphatic carbocycles. The Hall–Kier alpha value is -1.22. The van der Waals surface area contributed by atoms with Crippen molar-refractivity contribution in [1.82, 2.24) is 0 Å². The van der Waals surface area contributed by atoms with Crippen molar-refractivity contribution in [2.45, 2.75) is 6.42 Å². The summed E-state index contributed by atoms with van der Waals surface area (Å²) in [6.45, 7) is 1.41. The second-order valence-electron chi connectivity index (χ2n) is 2.87. The smallest absolute Gasteiger partial charge is 0.119 e. The zero-order valence-corrected chi connectivity index (χ0v) is 8.66. The van der Waals surface area contributed by atoms with Crippen molar-refractivity contribution >= 4 is 0 Å². The highest BCUT2D eigenvalue weighted by Crippen LogP contribution is 2.16. The van der Waals surface area contributed by atoms with Gasteiger partial charge in [0, 0.05) is 20.1 Å². The quantitative estimate of drug-likeness (QED) is 0.652. The normalized spacial score (nSPS) is 9.86.